The quantitative estimate of drug-likeness (QED) is 0.647. The lowest BCUT2D eigenvalue weighted by Gasteiger charge is -2.40. The van der Waals surface area contributed by atoms with Gasteiger partial charge in [0.05, 0.1) is 0 Å². The number of hydrogen-bond acceptors (Lipinski definition) is 5. The van der Waals surface area contributed by atoms with E-state index in [-0.39, 0.29) is 12.0 Å². The van der Waals surface area contributed by atoms with Crippen molar-refractivity contribution in [1.82, 2.24) is 4.98 Å². The average molecular weight is 335 g/mol. The molecule has 0 saturated heterocycles. The molecule has 1 aliphatic heterocycles. The van der Waals surface area contributed by atoms with Gasteiger partial charge in [-0.3, -0.25) is 0 Å². The molecule has 3 rings (SSSR count). The van der Waals surface area contributed by atoms with Crippen LogP contribution in [0.5, 0.6) is 0 Å². The zero-order valence-electron chi connectivity index (χ0n) is 12.4. The summed E-state index contributed by atoms with van der Waals surface area (Å²) in [6.45, 7) is 1.86. The van der Waals surface area contributed by atoms with Crippen molar-refractivity contribution in [2.24, 2.45) is 5.92 Å². The minimum atomic E-state index is -1.56. The van der Waals surface area contributed by atoms with Crippen molar-refractivity contribution in [3.05, 3.63) is 58.0 Å². The van der Waals surface area contributed by atoms with E-state index in [1.54, 1.807) is 36.5 Å². The van der Waals surface area contributed by atoms with E-state index in [4.69, 9.17) is 11.6 Å². The molecule has 2 aromatic rings. The minimum Gasteiger partial charge on any atom is -0.457 e. The molecule has 0 spiro atoms. The number of benzene rings is 1. The van der Waals surface area contributed by atoms with Gasteiger partial charge in [0.2, 0.25) is 0 Å². The summed E-state index contributed by atoms with van der Waals surface area (Å²) < 4.78 is 0. The molecule has 0 saturated carbocycles. The maximum absolute atomic E-state index is 10.2. The van der Waals surface area contributed by atoms with Crippen LogP contribution in [0.1, 0.15) is 30.4 Å². The summed E-state index contributed by atoms with van der Waals surface area (Å²) >= 11 is 5.97. The number of anilines is 1. The number of halogens is 1. The van der Waals surface area contributed by atoms with Crippen LogP contribution >= 0.6 is 11.6 Å². The lowest BCUT2D eigenvalue weighted by Crippen LogP contribution is -2.35. The summed E-state index contributed by atoms with van der Waals surface area (Å²) in [7, 11) is 0. The molecule has 0 radical (unpaired) electrons. The van der Waals surface area contributed by atoms with Crippen molar-refractivity contribution in [3.63, 3.8) is 0 Å². The summed E-state index contributed by atoms with van der Waals surface area (Å²) in [5.41, 5.74) is 1.85. The molecule has 0 amide bonds. The van der Waals surface area contributed by atoms with E-state index in [2.05, 4.69) is 15.6 Å². The van der Waals surface area contributed by atoms with Gasteiger partial charge in [-0.05, 0) is 35.9 Å². The van der Waals surface area contributed by atoms with Crippen LogP contribution in [0.3, 0.4) is 0 Å². The van der Waals surface area contributed by atoms with E-state index in [0.29, 0.717) is 22.1 Å². The van der Waals surface area contributed by atoms with Crippen LogP contribution in [0.2, 0.25) is 5.02 Å². The molecule has 1 aromatic heterocycles. The maximum atomic E-state index is 10.2. The first-order valence-electron chi connectivity index (χ1n) is 7.22. The summed E-state index contributed by atoms with van der Waals surface area (Å²) in [4.78, 5) is 4.17. The Morgan fingerprint density at radius 1 is 1.26 bits per heavy atom. The van der Waals surface area contributed by atoms with Gasteiger partial charge in [0, 0.05) is 22.2 Å². The molecule has 0 aliphatic carbocycles. The fourth-order valence-electron chi connectivity index (χ4n) is 2.66. The molecule has 6 nitrogen and oxygen atoms in total. The number of rotatable bonds is 3. The fourth-order valence-corrected chi connectivity index (χ4v) is 2.81. The molecular formula is C16H17ClN3O3-. The van der Waals surface area contributed by atoms with Gasteiger partial charge in [-0.2, -0.15) is 0 Å². The van der Waals surface area contributed by atoms with Crippen LogP contribution in [0.4, 0.5) is 11.5 Å². The van der Waals surface area contributed by atoms with E-state index in [0.717, 1.165) is 5.56 Å². The maximum Gasteiger partial charge on any atom is 0.178 e. The highest BCUT2D eigenvalue weighted by Crippen LogP contribution is 2.44. The van der Waals surface area contributed by atoms with Crippen molar-refractivity contribution < 1.29 is 15.3 Å². The second-order valence-electron chi connectivity index (χ2n) is 5.57. The number of nitrogens with one attached hydrogen (secondary N) is 1. The van der Waals surface area contributed by atoms with E-state index in [1.807, 2.05) is 6.92 Å². The highest BCUT2D eigenvalue weighted by Gasteiger charge is 2.30. The zero-order valence-corrected chi connectivity index (χ0v) is 13.1. The van der Waals surface area contributed by atoms with E-state index >= 15 is 0 Å². The van der Waals surface area contributed by atoms with Gasteiger partial charge in [-0.1, -0.05) is 36.6 Å². The van der Waals surface area contributed by atoms with Gasteiger partial charge in [0.25, 0.3) is 0 Å². The summed E-state index contributed by atoms with van der Waals surface area (Å²) in [6, 6.07) is 7.89. The van der Waals surface area contributed by atoms with Crippen molar-refractivity contribution in [2.45, 2.75) is 25.5 Å². The zero-order chi connectivity index (χ0) is 16.6. The van der Waals surface area contributed by atoms with Gasteiger partial charge < -0.3 is 30.9 Å². The van der Waals surface area contributed by atoms with Crippen LogP contribution in [-0.4, -0.2) is 26.5 Å². The van der Waals surface area contributed by atoms with Gasteiger partial charge >= 0.3 is 0 Å². The third-order valence-corrected chi connectivity index (χ3v) is 4.21. The van der Waals surface area contributed by atoms with Crippen molar-refractivity contribution in [2.75, 3.05) is 5.32 Å². The molecular weight excluding hydrogens is 318 g/mol. The first-order valence-corrected chi connectivity index (χ1v) is 7.60. The second-order valence-corrected chi connectivity index (χ2v) is 6.01. The van der Waals surface area contributed by atoms with Gasteiger partial charge in [0.1, 0.15) is 6.23 Å². The summed E-state index contributed by atoms with van der Waals surface area (Å²) in [6.07, 6.45) is -0.759. The lowest BCUT2D eigenvalue weighted by molar-refractivity contribution is -0.0425. The fraction of sp³-hybridized carbons (Fsp3) is 0.312. The smallest absolute Gasteiger partial charge is 0.178 e. The highest BCUT2D eigenvalue weighted by molar-refractivity contribution is 6.30. The van der Waals surface area contributed by atoms with E-state index in [9.17, 15) is 15.3 Å². The normalized spacial score (nSPS) is 23.3. The minimum absolute atomic E-state index is 0.227. The molecule has 4 N–H and O–H groups in total. The third-order valence-electron chi connectivity index (χ3n) is 3.97. The Morgan fingerprint density at radius 2 is 2.04 bits per heavy atom. The highest BCUT2D eigenvalue weighted by atomic mass is 35.5. The van der Waals surface area contributed by atoms with E-state index < -0.39 is 12.5 Å². The van der Waals surface area contributed by atoms with Crippen LogP contribution < -0.4 is 5.32 Å². The SMILES string of the molecule is C[C@@H]1C([N-]c2cc(Cl)ccn2)c2cc(C(O)O)ccc2N[C@H]1O. The molecule has 1 unspecified atom stereocenters. The standard InChI is InChI=1S/C16H17ClN3O3/c1-8-14(20-13-7-10(17)4-5-18-13)11-6-9(16(22)23)2-3-12(11)19-15(8)21/h2-8,14-16,19,21-23H,1H3/q-1/t8-,14?,15+/m1/s1. The number of aliphatic hydroxyl groups excluding tert-OH is 2. The topological polar surface area (TPSA) is 99.7 Å². The number of hydrogen-bond donors (Lipinski definition) is 4. The molecule has 3 atom stereocenters. The number of pyridine rings is 1. The molecule has 1 aliphatic rings. The first-order chi connectivity index (χ1) is 11.0. The number of aromatic nitrogens is 1. The molecule has 7 heteroatoms. The number of fused-ring (bicyclic) bond motifs is 1. The number of nitrogens with zero attached hydrogens (tertiary/aromatic N) is 2. The average Bonchev–Trinajstić information content (AvgIpc) is 2.51. The van der Waals surface area contributed by atoms with Crippen molar-refractivity contribution in [3.8, 4) is 0 Å². The molecule has 1 aromatic carbocycles. The Kier molecular flexibility index (Phi) is 4.41. The van der Waals surface area contributed by atoms with Crippen molar-refractivity contribution in [1.29, 1.82) is 0 Å². The van der Waals surface area contributed by atoms with Crippen molar-refractivity contribution >= 4 is 23.1 Å². The summed E-state index contributed by atoms with van der Waals surface area (Å²) in [5, 5.41) is 37.1. The largest absolute Gasteiger partial charge is 0.457 e. The predicted octanol–water partition coefficient (Wildman–Crippen LogP) is 2.84. The Labute approximate surface area is 138 Å². The third kappa shape index (κ3) is 3.25. The predicted molar refractivity (Wildman–Crippen MR) is 87.4 cm³/mol. The monoisotopic (exact) mass is 334 g/mol. The Bertz CT molecular complexity index is 711. The molecule has 0 fully saturated rings. The van der Waals surface area contributed by atoms with Gasteiger partial charge in [-0.15, -0.1) is 0 Å². The van der Waals surface area contributed by atoms with Crippen LogP contribution in [0, 0.1) is 5.92 Å². The van der Waals surface area contributed by atoms with E-state index in [1.165, 1.54) is 0 Å². The molecule has 0 bridgehead atoms. The second kappa shape index (κ2) is 6.33. The summed E-state index contributed by atoms with van der Waals surface area (Å²) in [5.74, 6) is 0.235. The van der Waals surface area contributed by atoms with Crippen LogP contribution in [-0.2, 0) is 0 Å². The number of aliphatic hydroxyl groups is 3. The first kappa shape index (κ1) is 16.0. The van der Waals surface area contributed by atoms with Crippen LogP contribution in [0.25, 0.3) is 5.32 Å². The molecule has 2 heterocycles. The van der Waals surface area contributed by atoms with Crippen LogP contribution in [0.15, 0.2) is 36.5 Å². The Balaban J connectivity index is 1.99. The van der Waals surface area contributed by atoms with Gasteiger partial charge in [0.15, 0.2) is 6.29 Å². The molecule has 23 heavy (non-hydrogen) atoms. The Morgan fingerprint density at radius 3 is 2.74 bits per heavy atom. The lowest BCUT2D eigenvalue weighted by atomic mass is 9.87. The Hall–Kier alpha value is -1.86. The molecule has 122 valence electrons. The van der Waals surface area contributed by atoms with Gasteiger partial charge in [-0.25, -0.2) is 0 Å².